The first-order chi connectivity index (χ1) is 9.36. The number of alkyl halides is 3. The van der Waals surface area contributed by atoms with Gasteiger partial charge in [-0.1, -0.05) is 17.7 Å². The fourth-order valence-corrected chi connectivity index (χ4v) is 2.39. The van der Waals surface area contributed by atoms with Gasteiger partial charge in [-0.2, -0.15) is 13.2 Å². The summed E-state index contributed by atoms with van der Waals surface area (Å²) in [7, 11) is 0. The number of nitrogens with zero attached hydrogens (tertiary/aromatic N) is 1. The Hall–Kier alpha value is -1.43. The Kier molecular flexibility index (Phi) is 4.42. The molecule has 0 saturated carbocycles. The van der Waals surface area contributed by atoms with E-state index < -0.39 is 18.1 Å². The molecule has 0 bridgehead atoms. The summed E-state index contributed by atoms with van der Waals surface area (Å²) in [5.74, 6) is -1.44. The summed E-state index contributed by atoms with van der Waals surface area (Å²) < 4.78 is 38.0. The lowest BCUT2D eigenvalue weighted by molar-refractivity contribution is -0.183. The molecule has 1 aliphatic rings. The van der Waals surface area contributed by atoms with Crippen LogP contribution in [0.25, 0.3) is 0 Å². The molecule has 0 radical (unpaired) electrons. The minimum absolute atomic E-state index is 0.0739. The maximum atomic E-state index is 12.7. The van der Waals surface area contributed by atoms with E-state index in [1.54, 1.807) is 24.3 Å². The molecule has 2 rings (SSSR count). The van der Waals surface area contributed by atoms with E-state index in [1.165, 1.54) is 4.90 Å². The van der Waals surface area contributed by atoms with Crippen LogP contribution in [0.4, 0.5) is 23.7 Å². The molecule has 0 aromatic heterocycles. The summed E-state index contributed by atoms with van der Waals surface area (Å²) in [6.45, 7) is 0.0366. The molecular weight excluding hydrogens is 293 g/mol. The van der Waals surface area contributed by atoms with E-state index in [4.69, 9.17) is 11.6 Å². The summed E-state index contributed by atoms with van der Waals surface area (Å²) in [4.78, 5) is 13.2. The molecule has 1 fully saturated rings. The highest BCUT2D eigenvalue weighted by Crippen LogP contribution is 2.33. The van der Waals surface area contributed by atoms with Crippen molar-refractivity contribution in [1.82, 2.24) is 4.90 Å². The molecule has 0 aliphatic carbocycles. The van der Waals surface area contributed by atoms with Crippen LogP contribution < -0.4 is 5.32 Å². The lowest BCUT2D eigenvalue weighted by Crippen LogP contribution is -2.46. The second-order valence-corrected chi connectivity index (χ2v) is 5.20. The quantitative estimate of drug-likeness (QED) is 0.830. The topological polar surface area (TPSA) is 32.3 Å². The number of hydrogen-bond acceptors (Lipinski definition) is 1. The fourth-order valence-electron chi connectivity index (χ4n) is 2.20. The maximum Gasteiger partial charge on any atom is 0.393 e. The summed E-state index contributed by atoms with van der Waals surface area (Å²) in [6.07, 6.45) is -3.83. The zero-order chi connectivity index (χ0) is 14.8. The minimum Gasteiger partial charge on any atom is -0.324 e. The molecule has 0 unspecified atom stereocenters. The predicted octanol–water partition coefficient (Wildman–Crippen LogP) is 4.15. The molecule has 1 aliphatic heterocycles. The Morgan fingerprint density at radius 3 is 2.80 bits per heavy atom. The number of urea groups is 1. The van der Waals surface area contributed by atoms with Crippen LogP contribution in [0.15, 0.2) is 24.3 Å². The van der Waals surface area contributed by atoms with Crippen molar-refractivity contribution in [3.63, 3.8) is 0 Å². The molecular formula is C13H14ClF3N2O. The lowest BCUT2D eigenvalue weighted by Gasteiger charge is -2.33. The van der Waals surface area contributed by atoms with Crippen LogP contribution in [0.3, 0.4) is 0 Å². The fraction of sp³-hybridized carbons (Fsp3) is 0.462. The van der Waals surface area contributed by atoms with Crippen molar-refractivity contribution >= 4 is 23.3 Å². The number of halogens is 4. The van der Waals surface area contributed by atoms with Crippen LogP contribution >= 0.6 is 11.6 Å². The Morgan fingerprint density at radius 2 is 2.15 bits per heavy atom. The van der Waals surface area contributed by atoms with Crippen molar-refractivity contribution < 1.29 is 18.0 Å². The van der Waals surface area contributed by atoms with E-state index in [0.717, 1.165) is 0 Å². The SMILES string of the molecule is O=C(Nc1cccc(Cl)c1)N1CCC[C@H](C(F)(F)F)C1. The van der Waals surface area contributed by atoms with Gasteiger partial charge in [0.05, 0.1) is 5.92 Å². The van der Waals surface area contributed by atoms with Gasteiger partial charge in [-0.15, -0.1) is 0 Å². The highest BCUT2D eigenvalue weighted by atomic mass is 35.5. The number of nitrogens with one attached hydrogen (secondary N) is 1. The summed E-state index contributed by atoms with van der Waals surface area (Å²) in [6, 6.07) is 5.96. The molecule has 1 heterocycles. The van der Waals surface area contributed by atoms with Crippen LogP contribution in [0.5, 0.6) is 0 Å². The number of amides is 2. The van der Waals surface area contributed by atoms with Gasteiger partial charge in [-0.05, 0) is 31.0 Å². The van der Waals surface area contributed by atoms with Crippen LogP contribution in [0.1, 0.15) is 12.8 Å². The predicted molar refractivity (Wildman–Crippen MR) is 70.8 cm³/mol. The molecule has 20 heavy (non-hydrogen) atoms. The Balaban J connectivity index is 1.99. The number of anilines is 1. The van der Waals surface area contributed by atoms with Crippen molar-refractivity contribution in [2.45, 2.75) is 19.0 Å². The van der Waals surface area contributed by atoms with Gasteiger partial charge >= 0.3 is 12.2 Å². The Bertz CT molecular complexity index is 493. The number of piperidine rings is 1. The maximum absolute atomic E-state index is 12.7. The van der Waals surface area contributed by atoms with Gasteiger partial charge in [0.1, 0.15) is 0 Å². The molecule has 1 saturated heterocycles. The van der Waals surface area contributed by atoms with E-state index in [2.05, 4.69) is 5.32 Å². The van der Waals surface area contributed by atoms with Gasteiger partial charge in [0.15, 0.2) is 0 Å². The van der Waals surface area contributed by atoms with E-state index in [-0.39, 0.29) is 13.0 Å². The smallest absolute Gasteiger partial charge is 0.324 e. The van der Waals surface area contributed by atoms with E-state index in [0.29, 0.717) is 23.7 Å². The Morgan fingerprint density at radius 1 is 1.40 bits per heavy atom. The number of carbonyl (C=O) groups excluding carboxylic acids is 1. The standard InChI is InChI=1S/C13H14ClF3N2O/c14-10-4-1-5-11(7-10)18-12(20)19-6-2-3-9(8-19)13(15,16)17/h1,4-5,7,9H,2-3,6,8H2,(H,18,20)/t9-/m0/s1. The van der Waals surface area contributed by atoms with Crippen LogP contribution in [0.2, 0.25) is 5.02 Å². The molecule has 7 heteroatoms. The number of hydrogen-bond donors (Lipinski definition) is 1. The summed E-state index contributed by atoms with van der Waals surface area (Å²) >= 11 is 5.78. The number of rotatable bonds is 1. The molecule has 1 atom stereocenters. The van der Waals surface area contributed by atoms with E-state index >= 15 is 0 Å². The average molecular weight is 307 g/mol. The van der Waals surface area contributed by atoms with E-state index in [1.807, 2.05) is 0 Å². The van der Waals surface area contributed by atoms with Gasteiger partial charge in [0, 0.05) is 23.8 Å². The molecule has 2 amide bonds. The lowest BCUT2D eigenvalue weighted by atomic mass is 9.98. The summed E-state index contributed by atoms with van der Waals surface area (Å²) in [5, 5.41) is 3.01. The first-order valence-electron chi connectivity index (χ1n) is 6.24. The first kappa shape index (κ1) is 15.0. The first-order valence-corrected chi connectivity index (χ1v) is 6.62. The number of carbonyl (C=O) groups is 1. The third-order valence-electron chi connectivity index (χ3n) is 3.25. The second-order valence-electron chi connectivity index (χ2n) is 4.77. The highest BCUT2D eigenvalue weighted by molar-refractivity contribution is 6.30. The van der Waals surface area contributed by atoms with Gasteiger partial charge in [-0.25, -0.2) is 4.79 Å². The van der Waals surface area contributed by atoms with Crippen molar-refractivity contribution in [2.24, 2.45) is 5.92 Å². The zero-order valence-corrected chi connectivity index (χ0v) is 11.3. The second kappa shape index (κ2) is 5.91. The van der Waals surface area contributed by atoms with Crippen molar-refractivity contribution in [3.8, 4) is 0 Å². The van der Waals surface area contributed by atoms with Crippen LogP contribution in [-0.4, -0.2) is 30.2 Å². The van der Waals surface area contributed by atoms with Crippen molar-refractivity contribution in [3.05, 3.63) is 29.3 Å². The van der Waals surface area contributed by atoms with Crippen molar-refractivity contribution in [2.75, 3.05) is 18.4 Å². The molecule has 3 nitrogen and oxygen atoms in total. The van der Waals surface area contributed by atoms with E-state index in [9.17, 15) is 18.0 Å². The molecule has 1 aromatic carbocycles. The molecule has 1 N–H and O–H groups in total. The summed E-state index contributed by atoms with van der Waals surface area (Å²) in [5.41, 5.74) is 0.469. The van der Waals surface area contributed by atoms with Crippen LogP contribution in [0, 0.1) is 5.92 Å². The third kappa shape index (κ3) is 3.79. The minimum atomic E-state index is -4.25. The number of benzene rings is 1. The molecule has 1 aromatic rings. The van der Waals surface area contributed by atoms with Gasteiger partial charge in [-0.3, -0.25) is 0 Å². The largest absolute Gasteiger partial charge is 0.393 e. The monoisotopic (exact) mass is 306 g/mol. The van der Waals surface area contributed by atoms with Gasteiger partial charge in [0.2, 0.25) is 0 Å². The van der Waals surface area contributed by atoms with Gasteiger partial charge < -0.3 is 10.2 Å². The molecule has 110 valence electrons. The normalized spacial score (nSPS) is 19.8. The average Bonchev–Trinajstić information content (AvgIpc) is 2.38. The Labute approximate surface area is 119 Å². The zero-order valence-electron chi connectivity index (χ0n) is 10.6. The van der Waals surface area contributed by atoms with Crippen molar-refractivity contribution in [1.29, 1.82) is 0 Å². The van der Waals surface area contributed by atoms with Gasteiger partial charge in [0.25, 0.3) is 0 Å². The highest BCUT2D eigenvalue weighted by Gasteiger charge is 2.42. The van der Waals surface area contributed by atoms with Crippen LogP contribution in [-0.2, 0) is 0 Å². The third-order valence-corrected chi connectivity index (χ3v) is 3.48. The molecule has 0 spiro atoms. The number of likely N-dealkylation sites (tertiary alicyclic amines) is 1.